The van der Waals surface area contributed by atoms with Crippen molar-refractivity contribution in [3.63, 3.8) is 0 Å². The Labute approximate surface area is 218 Å². The summed E-state index contributed by atoms with van der Waals surface area (Å²) in [5.41, 5.74) is 2.21. The number of hydrogen-bond acceptors (Lipinski definition) is 5. The molecule has 1 heterocycles. The number of rotatable bonds is 5. The Kier molecular flexibility index (Phi) is 7.20. The van der Waals surface area contributed by atoms with Crippen LogP contribution in [0.15, 0.2) is 72.3 Å². The number of ether oxygens (including phenoxy) is 1. The van der Waals surface area contributed by atoms with Crippen LogP contribution in [-0.4, -0.2) is 28.9 Å². The number of Topliss-reactive ketones (excluding diaryl/α,β-unsaturated/α-hetero) is 1. The van der Waals surface area contributed by atoms with Crippen molar-refractivity contribution < 1.29 is 24.2 Å². The average Bonchev–Trinajstić information content (AvgIpc) is 3.10. The van der Waals surface area contributed by atoms with Crippen LogP contribution in [0, 0.1) is 6.92 Å². The largest absolute Gasteiger partial charge is 0.507 e. The Morgan fingerprint density at radius 1 is 0.944 bits per heavy atom. The van der Waals surface area contributed by atoms with E-state index >= 15 is 0 Å². The summed E-state index contributed by atoms with van der Waals surface area (Å²) >= 11 is 12.2. The van der Waals surface area contributed by atoms with Gasteiger partial charge < -0.3 is 9.84 Å². The smallest absolute Gasteiger partial charge is 0.338 e. The first-order chi connectivity index (χ1) is 17.1. The Morgan fingerprint density at radius 3 is 2.33 bits per heavy atom. The van der Waals surface area contributed by atoms with Crippen LogP contribution in [-0.2, 0) is 14.3 Å². The van der Waals surface area contributed by atoms with Crippen molar-refractivity contribution in [3.8, 4) is 0 Å². The van der Waals surface area contributed by atoms with Crippen LogP contribution in [0.1, 0.15) is 46.9 Å². The molecule has 1 aliphatic rings. The number of anilines is 1. The predicted octanol–water partition coefficient (Wildman–Crippen LogP) is 6.49. The molecule has 1 fully saturated rings. The molecule has 1 saturated heterocycles. The van der Waals surface area contributed by atoms with E-state index in [0.29, 0.717) is 11.3 Å². The normalized spacial score (nSPS) is 17.1. The summed E-state index contributed by atoms with van der Waals surface area (Å²) in [4.78, 5) is 40.5. The summed E-state index contributed by atoms with van der Waals surface area (Å²) in [6.45, 7) is 5.36. The van der Waals surface area contributed by atoms with E-state index in [0.717, 1.165) is 5.56 Å². The second kappa shape index (κ2) is 10.2. The molecule has 3 aromatic rings. The van der Waals surface area contributed by atoms with E-state index < -0.39 is 23.7 Å². The number of nitrogens with zero attached hydrogens (tertiary/aromatic N) is 1. The number of aliphatic hydroxyl groups is 1. The van der Waals surface area contributed by atoms with Crippen molar-refractivity contribution >= 4 is 52.3 Å². The summed E-state index contributed by atoms with van der Waals surface area (Å²) in [6, 6.07) is 17.1. The van der Waals surface area contributed by atoms with Gasteiger partial charge in [0.25, 0.3) is 11.7 Å². The number of hydrogen-bond donors (Lipinski definition) is 1. The highest BCUT2D eigenvalue weighted by Gasteiger charge is 2.47. The standard InChI is InChI=1S/C28H23Cl2NO5/c1-15(2)36-28(35)19-8-5-9-20(13-19)31-24(17-7-4-6-16(3)12-17)23(26(33)27(31)34)25(32)18-10-11-21(29)22(30)14-18/h4-15,24,32H,1-3H3/b25-23+. The van der Waals surface area contributed by atoms with Gasteiger partial charge in [-0.05, 0) is 62.7 Å². The van der Waals surface area contributed by atoms with E-state index in [-0.39, 0.29) is 38.6 Å². The van der Waals surface area contributed by atoms with Gasteiger partial charge in [-0.2, -0.15) is 0 Å². The van der Waals surface area contributed by atoms with Crippen LogP contribution in [0.4, 0.5) is 5.69 Å². The number of esters is 1. The van der Waals surface area contributed by atoms with Crippen LogP contribution < -0.4 is 4.90 Å². The number of carbonyl (C=O) groups excluding carboxylic acids is 3. The number of benzene rings is 3. The summed E-state index contributed by atoms with van der Waals surface area (Å²) in [5.74, 6) is -2.62. The quantitative estimate of drug-likeness (QED) is 0.179. The minimum Gasteiger partial charge on any atom is -0.507 e. The number of aliphatic hydroxyl groups excluding tert-OH is 1. The lowest BCUT2D eigenvalue weighted by atomic mass is 9.94. The first kappa shape index (κ1) is 25.5. The molecular formula is C28H23Cl2NO5. The number of amides is 1. The van der Waals surface area contributed by atoms with E-state index in [4.69, 9.17) is 27.9 Å². The number of carbonyl (C=O) groups is 3. The molecule has 0 spiro atoms. The van der Waals surface area contributed by atoms with Gasteiger partial charge in [0.2, 0.25) is 0 Å². The molecule has 1 unspecified atom stereocenters. The van der Waals surface area contributed by atoms with E-state index in [1.54, 1.807) is 44.2 Å². The predicted molar refractivity (Wildman–Crippen MR) is 139 cm³/mol. The fourth-order valence-electron chi connectivity index (χ4n) is 4.12. The van der Waals surface area contributed by atoms with Crippen LogP contribution >= 0.6 is 23.2 Å². The van der Waals surface area contributed by atoms with E-state index in [1.807, 2.05) is 19.1 Å². The molecule has 1 atom stereocenters. The third kappa shape index (κ3) is 4.87. The molecular weight excluding hydrogens is 501 g/mol. The molecule has 3 aromatic carbocycles. The topological polar surface area (TPSA) is 83.9 Å². The minimum absolute atomic E-state index is 0.0980. The average molecular weight is 524 g/mol. The van der Waals surface area contributed by atoms with Gasteiger partial charge in [0.1, 0.15) is 5.76 Å². The molecule has 1 aliphatic heterocycles. The molecule has 0 bridgehead atoms. The first-order valence-corrected chi connectivity index (χ1v) is 12.0. The zero-order valence-corrected chi connectivity index (χ0v) is 21.3. The van der Waals surface area contributed by atoms with Crippen molar-refractivity contribution in [1.82, 2.24) is 0 Å². The summed E-state index contributed by atoms with van der Waals surface area (Å²) in [7, 11) is 0. The van der Waals surface area contributed by atoms with Gasteiger partial charge >= 0.3 is 5.97 Å². The van der Waals surface area contributed by atoms with Crippen LogP contribution in [0.2, 0.25) is 10.0 Å². The van der Waals surface area contributed by atoms with E-state index in [2.05, 4.69) is 0 Å². The monoisotopic (exact) mass is 523 g/mol. The molecule has 1 N–H and O–H groups in total. The SMILES string of the molecule is Cc1cccc(C2/C(=C(\O)c3ccc(Cl)c(Cl)c3)C(=O)C(=O)N2c2cccc(C(=O)OC(C)C)c2)c1. The lowest BCUT2D eigenvalue weighted by Gasteiger charge is -2.26. The highest BCUT2D eigenvalue weighted by atomic mass is 35.5. The number of ketones is 1. The summed E-state index contributed by atoms with van der Waals surface area (Å²) in [5, 5.41) is 11.7. The Morgan fingerprint density at radius 2 is 1.67 bits per heavy atom. The maximum atomic E-state index is 13.4. The lowest BCUT2D eigenvalue weighted by Crippen LogP contribution is -2.29. The van der Waals surface area contributed by atoms with Crippen molar-refractivity contribution in [2.45, 2.75) is 32.9 Å². The number of halogens is 2. The fraction of sp³-hybridized carbons (Fsp3) is 0.179. The van der Waals surface area contributed by atoms with Gasteiger partial charge in [-0.3, -0.25) is 14.5 Å². The van der Waals surface area contributed by atoms with E-state index in [1.165, 1.54) is 29.2 Å². The van der Waals surface area contributed by atoms with Gasteiger partial charge in [-0.1, -0.05) is 59.1 Å². The Hall–Kier alpha value is -3.61. The van der Waals surface area contributed by atoms with Gasteiger partial charge in [-0.25, -0.2) is 4.79 Å². The van der Waals surface area contributed by atoms with Crippen molar-refractivity contribution in [2.75, 3.05) is 4.90 Å². The zero-order valence-electron chi connectivity index (χ0n) is 19.8. The maximum absolute atomic E-state index is 13.4. The molecule has 0 radical (unpaired) electrons. The second-order valence-electron chi connectivity index (χ2n) is 8.72. The maximum Gasteiger partial charge on any atom is 0.338 e. The zero-order chi connectivity index (χ0) is 26.1. The van der Waals surface area contributed by atoms with Gasteiger partial charge in [-0.15, -0.1) is 0 Å². The molecule has 1 amide bonds. The molecule has 4 rings (SSSR count). The molecule has 36 heavy (non-hydrogen) atoms. The Balaban J connectivity index is 1.91. The van der Waals surface area contributed by atoms with Crippen LogP contribution in [0.3, 0.4) is 0 Å². The Bertz CT molecular complexity index is 1410. The highest BCUT2D eigenvalue weighted by molar-refractivity contribution is 6.52. The fourth-order valence-corrected chi connectivity index (χ4v) is 4.42. The van der Waals surface area contributed by atoms with Crippen molar-refractivity contribution in [2.24, 2.45) is 0 Å². The van der Waals surface area contributed by atoms with Crippen molar-refractivity contribution in [3.05, 3.63) is 105 Å². The number of aryl methyl sites for hydroxylation is 1. The van der Waals surface area contributed by atoms with Gasteiger partial charge in [0.05, 0.1) is 33.3 Å². The van der Waals surface area contributed by atoms with Gasteiger partial charge in [0, 0.05) is 11.3 Å². The van der Waals surface area contributed by atoms with Crippen LogP contribution in [0.25, 0.3) is 5.76 Å². The molecule has 8 heteroatoms. The first-order valence-electron chi connectivity index (χ1n) is 11.2. The highest BCUT2D eigenvalue weighted by Crippen LogP contribution is 2.43. The van der Waals surface area contributed by atoms with Crippen LogP contribution in [0.5, 0.6) is 0 Å². The molecule has 0 aliphatic carbocycles. The molecule has 0 aromatic heterocycles. The molecule has 184 valence electrons. The minimum atomic E-state index is -0.948. The summed E-state index contributed by atoms with van der Waals surface area (Å²) < 4.78 is 5.29. The second-order valence-corrected chi connectivity index (χ2v) is 9.53. The lowest BCUT2D eigenvalue weighted by molar-refractivity contribution is -0.132. The van der Waals surface area contributed by atoms with Gasteiger partial charge in [0.15, 0.2) is 0 Å². The third-order valence-corrected chi connectivity index (χ3v) is 6.44. The molecule has 0 saturated carbocycles. The van der Waals surface area contributed by atoms with E-state index in [9.17, 15) is 19.5 Å². The van der Waals surface area contributed by atoms with Crippen molar-refractivity contribution in [1.29, 1.82) is 0 Å². The third-order valence-electron chi connectivity index (χ3n) is 5.70. The molecule has 6 nitrogen and oxygen atoms in total. The summed E-state index contributed by atoms with van der Waals surface area (Å²) in [6.07, 6.45) is -0.325.